The van der Waals surface area contributed by atoms with Gasteiger partial charge in [0.05, 0.1) is 10.6 Å². The number of aryl methyl sites for hydroxylation is 1. The predicted octanol–water partition coefficient (Wildman–Crippen LogP) is 1.05. The number of nitrogens with one attached hydrogen (secondary N) is 2. The van der Waals surface area contributed by atoms with E-state index < -0.39 is 9.84 Å². The van der Waals surface area contributed by atoms with Crippen molar-refractivity contribution in [3.05, 3.63) is 23.8 Å². The summed E-state index contributed by atoms with van der Waals surface area (Å²) in [6, 6.07) is 5.35. The third-order valence-corrected chi connectivity index (χ3v) is 6.68. The van der Waals surface area contributed by atoms with E-state index in [1.807, 2.05) is 11.8 Å². The Labute approximate surface area is 128 Å². The van der Waals surface area contributed by atoms with Gasteiger partial charge in [-0.3, -0.25) is 4.79 Å². The van der Waals surface area contributed by atoms with Crippen molar-refractivity contribution in [3.63, 3.8) is 0 Å². The summed E-state index contributed by atoms with van der Waals surface area (Å²) >= 11 is 1.85. The van der Waals surface area contributed by atoms with Crippen LogP contribution in [0.25, 0.3) is 0 Å². The van der Waals surface area contributed by atoms with Crippen LogP contribution in [-0.2, 0) is 21.1 Å². The Morgan fingerprint density at radius 1 is 1.43 bits per heavy atom. The molecule has 1 atom stereocenters. The first-order valence-electron chi connectivity index (χ1n) is 7.01. The molecule has 114 valence electrons. The fourth-order valence-corrected chi connectivity index (χ4v) is 5.20. The minimum absolute atomic E-state index is 0.0784. The molecule has 1 aromatic rings. The van der Waals surface area contributed by atoms with Gasteiger partial charge >= 0.3 is 0 Å². The zero-order valence-electron chi connectivity index (χ0n) is 11.6. The minimum atomic E-state index is -3.16. The second-order valence-corrected chi connectivity index (χ2v) is 8.60. The fraction of sp³-hybridized carbons (Fsp3) is 0.500. The quantitative estimate of drug-likeness (QED) is 0.868. The van der Waals surface area contributed by atoms with E-state index in [4.69, 9.17) is 0 Å². The number of amides is 1. The van der Waals surface area contributed by atoms with E-state index in [1.54, 1.807) is 18.2 Å². The lowest BCUT2D eigenvalue weighted by Gasteiger charge is -2.22. The molecule has 2 N–H and O–H groups in total. The van der Waals surface area contributed by atoms with Gasteiger partial charge in [0.2, 0.25) is 5.91 Å². The number of fused-ring (bicyclic) bond motifs is 1. The Kier molecular flexibility index (Phi) is 4.24. The second kappa shape index (κ2) is 5.98. The number of carbonyl (C=O) groups is 1. The van der Waals surface area contributed by atoms with E-state index in [-0.39, 0.29) is 17.7 Å². The number of rotatable bonds is 3. The Balaban J connectivity index is 1.67. The van der Waals surface area contributed by atoms with E-state index in [2.05, 4.69) is 10.6 Å². The summed E-state index contributed by atoms with van der Waals surface area (Å²) in [7, 11) is -3.16. The van der Waals surface area contributed by atoms with Crippen LogP contribution in [0.4, 0.5) is 5.69 Å². The van der Waals surface area contributed by atoms with Crippen LogP contribution in [0, 0.1) is 0 Å². The molecule has 1 unspecified atom stereocenters. The third-order valence-electron chi connectivity index (χ3n) is 3.76. The average Bonchev–Trinajstić information content (AvgIpc) is 2.75. The second-order valence-electron chi connectivity index (χ2n) is 5.37. The molecule has 2 aliphatic rings. The molecule has 21 heavy (non-hydrogen) atoms. The van der Waals surface area contributed by atoms with Crippen LogP contribution in [-0.4, -0.2) is 44.2 Å². The molecule has 0 saturated carbocycles. The van der Waals surface area contributed by atoms with Crippen LogP contribution in [0.5, 0.6) is 0 Å². The highest BCUT2D eigenvalue weighted by atomic mass is 32.2. The summed E-state index contributed by atoms with van der Waals surface area (Å²) in [6.45, 7) is 0.930. The van der Waals surface area contributed by atoms with Gasteiger partial charge in [-0.15, -0.1) is 0 Å². The Hall–Kier alpha value is -1.05. The van der Waals surface area contributed by atoms with Gasteiger partial charge in [0.25, 0.3) is 0 Å². The van der Waals surface area contributed by atoms with Gasteiger partial charge in [0.1, 0.15) is 0 Å². The van der Waals surface area contributed by atoms with Crippen LogP contribution in [0.2, 0.25) is 0 Å². The standard InChI is InChI=1S/C14H18N2O3S2/c17-14(8-12-9-20-5-4-15-12)16-11-2-1-10-3-6-21(18,19)13(10)7-11/h1-2,7,12,15H,3-6,8-9H2,(H,16,17). The van der Waals surface area contributed by atoms with Crippen LogP contribution in [0.3, 0.4) is 0 Å². The Morgan fingerprint density at radius 3 is 3.05 bits per heavy atom. The maximum absolute atomic E-state index is 12.0. The molecule has 7 heteroatoms. The lowest BCUT2D eigenvalue weighted by molar-refractivity contribution is -0.116. The van der Waals surface area contributed by atoms with Gasteiger partial charge in [-0.25, -0.2) is 8.42 Å². The third kappa shape index (κ3) is 3.41. The van der Waals surface area contributed by atoms with E-state index in [0.717, 1.165) is 23.6 Å². The first kappa shape index (κ1) is 14.9. The molecule has 0 aromatic heterocycles. The van der Waals surface area contributed by atoms with Crippen LogP contribution in [0.15, 0.2) is 23.1 Å². The van der Waals surface area contributed by atoms with Crippen LogP contribution < -0.4 is 10.6 Å². The molecule has 2 aliphatic heterocycles. The Bertz CT molecular complexity index is 652. The van der Waals surface area contributed by atoms with Gasteiger partial charge in [-0.05, 0) is 24.1 Å². The molecule has 2 heterocycles. The fourth-order valence-electron chi connectivity index (χ4n) is 2.67. The van der Waals surface area contributed by atoms with E-state index in [0.29, 0.717) is 23.4 Å². The van der Waals surface area contributed by atoms with Crippen molar-refractivity contribution in [1.82, 2.24) is 5.32 Å². The van der Waals surface area contributed by atoms with Crippen molar-refractivity contribution < 1.29 is 13.2 Å². The predicted molar refractivity (Wildman–Crippen MR) is 84.6 cm³/mol. The van der Waals surface area contributed by atoms with Crippen molar-refractivity contribution in [1.29, 1.82) is 0 Å². The lowest BCUT2D eigenvalue weighted by atomic mass is 10.1. The van der Waals surface area contributed by atoms with E-state index in [1.165, 1.54) is 0 Å². The topological polar surface area (TPSA) is 75.3 Å². The number of thioether (sulfide) groups is 1. The van der Waals surface area contributed by atoms with Gasteiger partial charge < -0.3 is 10.6 Å². The SMILES string of the molecule is O=C(CC1CSCCN1)Nc1ccc2c(c1)S(=O)(=O)CC2. The highest BCUT2D eigenvalue weighted by molar-refractivity contribution is 7.99. The molecule has 0 radical (unpaired) electrons. The summed E-state index contributed by atoms with van der Waals surface area (Å²) in [6.07, 6.45) is 0.978. The number of sulfone groups is 1. The first-order valence-corrected chi connectivity index (χ1v) is 9.82. The summed E-state index contributed by atoms with van der Waals surface area (Å²) in [5.74, 6) is 2.11. The molecule has 1 amide bonds. The van der Waals surface area contributed by atoms with Crippen molar-refractivity contribution >= 4 is 33.2 Å². The molecule has 1 saturated heterocycles. The molecular formula is C14H18N2O3S2. The van der Waals surface area contributed by atoms with E-state index in [9.17, 15) is 13.2 Å². The molecule has 0 bridgehead atoms. The lowest BCUT2D eigenvalue weighted by Crippen LogP contribution is -2.39. The zero-order chi connectivity index (χ0) is 14.9. The van der Waals surface area contributed by atoms with Crippen LogP contribution >= 0.6 is 11.8 Å². The summed E-state index contributed by atoms with van der Waals surface area (Å²) < 4.78 is 23.8. The smallest absolute Gasteiger partial charge is 0.225 e. The molecule has 3 rings (SSSR count). The number of anilines is 1. The maximum Gasteiger partial charge on any atom is 0.225 e. The highest BCUT2D eigenvalue weighted by Gasteiger charge is 2.26. The van der Waals surface area contributed by atoms with Crippen molar-refractivity contribution in [3.8, 4) is 0 Å². The number of hydrogen-bond acceptors (Lipinski definition) is 5. The molecule has 0 spiro atoms. The first-order chi connectivity index (χ1) is 10.0. The Morgan fingerprint density at radius 2 is 2.29 bits per heavy atom. The van der Waals surface area contributed by atoms with Crippen molar-refractivity contribution in [2.24, 2.45) is 0 Å². The van der Waals surface area contributed by atoms with E-state index >= 15 is 0 Å². The normalized spacial score (nSPS) is 23.5. The molecule has 0 aliphatic carbocycles. The summed E-state index contributed by atoms with van der Waals surface area (Å²) in [5.41, 5.74) is 1.41. The summed E-state index contributed by atoms with van der Waals surface area (Å²) in [5, 5.41) is 6.12. The van der Waals surface area contributed by atoms with Crippen LogP contribution in [0.1, 0.15) is 12.0 Å². The largest absolute Gasteiger partial charge is 0.326 e. The number of carbonyl (C=O) groups excluding carboxylic acids is 1. The molecule has 1 fully saturated rings. The highest BCUT2D eigenvalue weighted by Crippen LogP contribution is 2.28. The van der Waals surface area contributed by atoms with Gasteiger partial charge in [0.15, 0.2) is 9.84 Å². The summed E-state index contributed by atoms with van der Waals surface area (Å²) in [4.78, 5) is 12.4. The van der Waals surface area contributed by atoms with Gasteiger partial charge in [-0.2, -0.15) is 11.8 Å². The van der Waals surface area contributed by atoms with Crippen molar-refractivity contribution in [2.45, 2.75) is 23.8 Å². The number of benzene rings is 1. The molecule has 5 nitrogen and oxygen atoms in total. The van der Waals surface area contributed by atoms with Gasteiger partial charge in [-0.1, -0.05) is 6.07 Å². The molecule has 1 aromatic carbocycles. The zero-order valence-corrected chi connectivity index (χ0v) is 13.2. The van der Waals surface area contributed by atoms with Crippen molar-refractivity contribution in [2.75, 3.05) is 29.1 Å². The van der Waals surface area contributed by atoms with Gasteiger partial charge in [0, 0.05) is 36.2 Å². The monoisotopic (exact) mass is 326 g/mol. The molecular weight excluding hydrogens is 308 g/mol. The number of hydrogen-bond donors (Lipinski definition) is 2. The average molecular weight is 326 g/mol. The maximum atomic E-state index is 12.0. The minimum Gasteiger partial charge on any atom is -0.326 e.